The van der Waals surface area contributed by atoms with Crippen LogP contribution in [0.2, 0.25) is 0 Å². The summed E-state index contributed by atoms with van der Waals surface area (Å²) in [6.45, 7) is 7.19. The largest absolute Gasteiger partial charge is 0.384 e. The van der Waals surface area contributed by atoms with Crippen molar-refractivity contribution in [1.29, 1.82) is 0 Å². The first-order chi connectivity index (χ1) is 8.61. The number of carbonyl (C=O) groups is 1. The van der Waals surface area contributed by atoms with Gasteiger partial charge in [0.15, 0.2) is 0 Å². The second kappa shape index (κ2) is 5.42. The number of carbonyl (C=O) groups excluding carboxylic acids is 1. The number of anilines is 1. The first-order valence-corrected chi connectivity index (χ1v) is 6.77. The Labute approximate surface area is 109 Å². The summed E-state index contributed by atoms with van der Waals surface area (Å²) < 4.78 is 0. The van der Waals surface area contributed by atoms with Gasteiger partial charge in [-0.3, -0.25) is 4.79 Å². The highest BCUT2D eigenvalue weighted by molar-refractivity contribution is 6.00. The molecular formula is C15H22N2O. The third-order valence-electron chi connectivity index (χ3n) is 3.41. The van der Waals surface area contributed by atoms with Gasteiger partial charge in [-0.05, 0) is 37.8 Å². The minimum Gasteiger partial charge on any atom is -0.384 e. The molecule has 1 aliphatic carbocycles. The molecule has 1 aromatic carbocycles. The molecule has 0 radical (unpaired) electrons. The third-order valence-corrected chi connectivity index (χ3v) is 3.41. The van der Waals surface area contributed by atoms with E-state index in [1.807, 2.05) is 25.1 Å². The Morgan fingerprint density at radius 3 is 2.78 bits per heavy atom. The summed E-state index contributed by atoms with van der Waals surface area (Å²) in [5.74, 6) is 0.678. The van der Waals surface area contributed by atoms with Crippen LogP contribution in [0.15, 0.2) is 18.2 Å². The van der Waals surface area contributed by atoms with Crippen LogP contribution in [0.1, 0.15) is 42.6 Å². The summed E-state index contributed by atoms with van der Waals surface area (Å²) in [4.78, 5) is 12.2. The summed E-state index contributed by atoms with van der Waals surface area (Å²) in [7, 11) is 0. The Hall–Kier alpha value is -1.51. The van der Waals surface area contributed by atoms with Crippen LogP contribution in [-0.4, -0.2) is 18.5 Å². The van der Waals surface area contributed by atoms with E-state index in [0.29, 0.717) is 12.0 Å². The molecule has 1 saturated carbocycles. The van der Waals surface area contributed by atoms with Gasteiger partial charge in [-0.25, -0.2) is 0 Å². The van der Waals surface area contributed by atoms with Crippen LogP contribution in [0.25, 0.3) is 0 Å². The fourth-order valence-corrected chi connectivity index (χ4v) is 2.03. The van der Waals surface area contributed by atoms with Crippen LogP contribution in [0, 0.1) is 12.8 Å². The Kier molecular flexibility index (Phi) is 3.90. The highest BCUT2D eigenvalue weighted by atomic mass is 16.1. The van der Waals surface area contributed by atoms with Crippen LogP contribution in [0.4, 0.5) is 5.69 Å². The highest BCUT2D eigenvalue weighted by Crippen LogP contribution is 2.29. The van der Waals surface area contributed by atoms with Gasteiger partial charge in [0, 0.05) is 18.3 Å². The molecule has 0 aliphatic heterocycles. The lowest BCUT2D eigenvalue weighted by Crippen LogP contribution is -2.27. The van der Waals surface area contributed by atoms with Gasteiger partial charge in [0.25, 0.3) is 5.91 Å². The molecule has 0 aromatic heterocycles. The zero-order valence-corrected chi connectivity index (χ0v) is 11.4. The lowest BCUT2D eigenvalue weighted by Gasteiger charge is -2.12. The fraction of sp³-hybridized carbons (Fsp3) is 0.533. The molecule has 0 saturated heterocycles. The lowest BCUT2D eigenvalue weighted by atomic mass is 10.1. The van der Waals surface area contributed by atoms with Gasteiger partial charge in [0.1, 0.15) is 0 Å². The minimum absolute atomic E-state index is 0.0478. The Bertz CT molecular complexity index is 442. The maximum absolute atomic E-state index is 12.2. The van der Waals surface area contributed by atoms with Gasteiger partial charge in [-0.15, -0.1) is 0 Å². The van der Waals surface area contributed by atoms with Crippen molar-refractivity contribution in [2.75, 3.05) is 11.9 Å². The Morgan fingerprint density at radius 2 is 2.17 bits per heavy atom. The number of nitrogens with one attached hydrogen (secondary N) is 2. The molecule has 2 unspecified atom stereocenters. The van der Waals surface area contributed by atoms with Crippen LogP contribution in [0.3, 0.4) is 0 Å². The predicted octanol–water partition coefficient (Wildman–Crippen LogP) is 2.96. The van der Waals surface area contributed by atoms with Gasteiger partial charge in [0.2, 0.25) is 0 Å². The first-order valence-electron chi connectivity index (χ1n) is 6.77. The average Bonchev–Trinajstić information content (AvgIpc) is 3.03. The molecule has 0 bridgehead atoms. The van der Waals surface area contributed by atoms with Crippen molar-refractivity contribution in [2.24, 2.45) is 5.92 Å². The second-order valence-electron chi connectivity index (χ2n) is 5.27. The Morgan fingerprint density at radius 1 is 1.44 bits per heavy atom. The fourth-order valence-electron chi connectivity index (χ4n) is 2.03. The van der Waals surface area contributed by atoms with Gasteiger partial charge in [-0.1, -0.05) is 25.5 Å². The molecule has 1 aliphatic rings. The molecule has 2 N–H and O–H groups in total. The van der Waals surface area contributed by atoms with Crippen molar-refractivity contribution in [3.05, 3.63) is 29.3 Å². The molecular weight excluding hydrogens is 224 g/mol. The molecule has 98 valence electrons. The van der Waals surface area contributed by atoms with Crippen molar-refractivity contribution in [1.82, 2.24) is 5.32 Å². The summed E-state index contributed by atoms with van der Waals surface area (Å²) >= 11 is 0. The number of hydrogen-bond donors (Lipinski definition) is 2. The molecule has 0 spiro atoms. The van der Waals surface area contributed by atoms with Crippen molar-refractivity contribution >= 4 is 11.6 Å². The van der Waals surface area contributed by atoms with Crippen LogP contribution in [-0.2, 0) is 0 Å². The Balaban J connectivity index is 2.12. The third kappa shape index (κ3) is 3.03. The van der Waals surface area contributed by atoms with Gasteiger partial charge in [-0.2, -0.15) is 0 Å². The van der Waals surface area contributed by atoms with Crippen LogP contribution >= 0.6 is 0 Å². The van der Waals surface area contributed by atoms with E-state index in [1.165, 1.54) is 0 Å². The number of hydrogen-bond acceptors (Lipinski definition) is 2. The van der Waals surface area contributed by atoms with E-state index in [9.17, 15) is 4.79 Å². The second-order valence-corrected chi connectivity index (χ2v) is 5.27. The summed E-state index contributed by atoms with van der Waals surface area (Å²) in [5.41, 5.74) is 2.82. The molecule has 2 atom stereocenters. The smallest absolute Gasteiger partial charge is 0.253 e. The van der Waals surface area contributed by atoms with Crippen molar-refractivity contribution in [2.45, 2.75) is 39.7 Å². The zero-order chi connectivity index (χ0) is 13.1. The van der Waals surface area contributed by atoms with Gasteiger partial charge < -0.3 is 10.6 Å². The zero-order valence-electron chi connectivity index (χ0n) is 11.4. The van der Waals surface area contributed by atoms with E-state index in [2.05, 4.69) is 24.5 Å². The molecule has 3 nitrogen and oxygen atoms in total. The summed E-state index contributed by atoms with van der Waals surface area (Å²) in [6, 6.07) is 6.36. The van der Waals surface area contributed by atoms with E-state index in [1.54, 1.807) is 0 Å². The number of amides is 1. The quantitative estimate of drug-likeness (QED) is 0.838. The van der Waals surface area contributed by atoms with E-state index in [-0.39, 0.29) is 5.91 Å². The van der Waals surface area contributed by atoms with Crippen molar-refractivity contribution in [3.8, 4) is 0 Å². The predicted molar refractivity (Wildman–Crippen MR) is 75.0 cm³/mol. The van der Waals surface area contributed by atoms with E-state index in [4.69, 9.17) is 0 Å². The normalized spacial score (nSPS) is 21.5. The van der Waals surface area contributed by atoms with Crippen LogP contribution in [0.5, 0.6) is 0 Å². The molecule has 18 heavy (non-hydrogen) atoms. The molecule has 1 fully saturated rings. The van der Waals surface area contributed by atoms with Crippen molar-refractivity contribution < 1.29 is 4.79 Å². The minimum atomic E-state index is 0.0478. The summed E-state index contributed by atoms with van der Waals surface area (Å²) in [5, 5.41) is 6.40. The van der Waals surface area contributed by atoms with E-state index in [0.717, 1.165) is 36.2 Å². The van der Waals surface area contributed by atoms with E-state index < -0.39 is 0 Å². The topological polar surface area (TPSA) is 41.1 Å². The monoisotopic (exact) mass is 246 g/mol. The number of benzene rings is 1. The van der Waals surface area contributed by atoms with Gasteiger partial charge in [0.05, 0.1) is 5.56 Å². The standard InChI is InChI=1S/C15H22N2O/c1-4-7-16-13-6-5-10(2)8-12(13)15(18)17-14-9-11(14)3/h5-6,8,11,14,16H,4,7,9H2,1-3H3,(H,17,18). The SMILES string of the molecule is CCCNc1ccc(C)cc1C(=O)NC1CC1C. The van der Waals surface area contributed by atoms with Gasteiger partial charge >= 0.3 is 0 Å². The van der Waals surface area contributed by atoms with Crippen molar-refractivity contribution in [3.63, 3.8) is 0 Å². The molecule has 1 amide bonds. The van der Waals surface area contributed by atoms with E-state index >= 15 is 0 Å². The maximum atomic E-state index is 12.2. The molecule has 3 heteroatoms. The molecule has 1 aromatic rings. The molecule has 0 heterocycles. The molecule has 2 rings (SSSR count). The lowest BCUT2D eigenvalue weighted by molar-refractivity contribution is 0.0950. The highest BCUT2D eigenvalue weighted by Gasteiger charge is 2.34. The van der Waals surface area contributed by atoms with Crippen LogP contribution < -0.4 is 10.6 Å². The maximum Gasteiger partial charge on any atom is 0.253 e. The summed E-state index contributed by atoms with van der Waals surface area (Å²) in [6.07, 6.45) is 2.16. The number of rotatable bonds is 5. The first kappa shape index (κ1) is 12.9. The number of aryl methyl sites for hydroxylation is 1. The average molecular weight is 246 g/mol.